The van der Waals surface area contributed by atoms with E-state index < -0.39 is 46.4 Å². The van der Waals surface area contributed by atoms with E-state index in [9.17, 15) is 28.3 Å². The number of amides is 2. The van der Waals surface area contributed by atoms with E-state index in [1.165, 1.54) is 21.7 Å². The van der Waals surface area contributed by atoms with Crippen LogP contribution in [-0.2, 0) is 17.8 Å². The normalized spacial score (nSPS) is 20.4. The molecular weight excluding hydrogens is 388 g/mol. The van der Waals surface area contributed by atoms with Crippen LogP contribution in [0.5, 0.6) is 5.75 Å². The van der Waals surface area contributed by atoms with Crippen molar-refractivity contribution in [3.05, 3.63) is 63.1 Å². The monoisotopic (exact) mass is 405 g/mol. The molecule has 3 heterocycles. The van der Waals surface area contributed by atoms with Crippen LogP contribution in [0.25, 0.3) is 0 Å². The molecule has 2 amide bonds. The van der Waals surface area contributed by atoms with Gasteiger partial charge < -0.3 is 24.6 Å². The number of hydrogen-bond acceptors (Lipinski definition) is 5. The Bertz CT molecular complexity index is 1080. The second-order valence-electron chi connectivity index (χ2n) is 6.99. The van der Waals surface area contributed by atoms with Crippen LogP contribution >= 0.6 is 0 Å². The van der Waals surface area contributed by atoms with Crippen LogP contribution in [-0.4, -0.2) is 45.3 Å². The number of hydrogen-bond donors (Lipinski definition) is 2. The molecule has 2 aliphatic rings. The number of fused-ring (bicyclic) bond motifs is 2. The van der Waals surface area contributed by atoms with Gasteiger partial charge in [-0.2, -0.15) is 0 Å². The van der Waals surface area contributed by atoms with E-state index in [0.29, 0.717) is 12.7 Å². The van der Waals surface area contributed by atoms with E-state index in [2.05, 4.69) is 5.32 Å². The lowest BCUT2D eigenvalue weighted by Gasteiger charge is -2.33. The zero-order valence-electron chi connectivity index (χ0n) is 15.3. The van der Waals surface area contributed by atoms with Gasteiger partial charge in [0.15, 0.2) is 17.7 Å². The summed E-state index contributed by atoms with van der Waals surface area (Å²) in [6, 6.07) is 2.70. The third kappa shape index (κ3) is 3.15. The molecule has 152 valence electrons. The Kier molecular flexibility index (Phi) is 4.58. The molecule has 0 aliphatic carbocycles. The summed E-state index contributed by atoms with van der Waals surface area (Å²) in [6.07, 6.45) is 0.617. The number of halogens is 2. The van der Waals surface area contributed by atoms with Gasteiger partial charge in [-0.15, -0.1) is 0 Å². The first-order valence-electron chi connectivity index (χ1n) is 8.90. The van der Waals surface area contributed by atoms with Gasteiger partial charge in [-0.25, -0.2) is 8.78 Å². The van der Waals surface area contributed by atoms with Crippen LogP contribution in [0, 0.1) is 11.6 Å². The summed E-state index contributed by atoms with van der Waals surface area (Å²) in [7, 11) is 0. The molecule has 1 fully saturated rings. The second-order valence-corrected chi connectivity index (χ2v) is 6.99. The van der Waals surface area contributed by atoms with Crippen molar-refractivity contribution in [3.8, 4) is 5.75 Å². The van der Waals surface area contributed by atoms with Crippen molar-refractivity contribution < 1.29 is 28.2 Å². The van der Waals surface area contributed by atoms with Gasteiger partial charge in [0, 0.05) is 24.4 Å². The highest BCUT2D eigenvalue weighted by molar-refractivity contribution is 5.99. The van der Waals surface area contributed by atoms with Crippen LogP contribution in [0.3, 0.4) is 0 Å². The Morgan fingerprint density at radius 3 is 2.83 bits per heavy atom. The fraction of sp³-hybridized carbons (Fsp3) is 0.316. The molecule has 2 aliphatic heterocycles. The number of ether oxygens (including phenoxy) is 1. The van der Waals surface area contributed by atoms with Crippen molar-refractivity contribution in [2.24, 2.45) is 0 Å². The van der Waals surface area contributed by atoms with Gasteiger partial charge in [0.1, 0.15) is 17.2 Å². The van der Waals surface area contributed by atoms with Crippen LogP contribution in [0.4, 0.5) is 8.78 Å². The molecular formula is C19H17F2N3O5. The van der Waals surface area contributed by atoms with E-state index in [4.69, 9.17) is 4.74 Å². The maximum absolute atomic E-state index is 13.7. The van der Waals surface area contributed by atoms with Gasteiger partial charge in [0.2, 0.25) is 5.43 Å². The molecule has 29 heavy (non-hydrogen) atoms. The van der Waals surface area contributed by atoms with Gasteiger partial charge in [-0.3, -0.25) is 14.4 Å². The molecule has 2 N–H and O–H groups in total. The fourth-order valence-corrected chi connectivity index (χ4v) is 3.57. The first-order valence-corrected chi connectivity index (χ1v) is 8.90. The average molecular weight is 405 g/mol. The number of carbonyl (C=O) groups is 2. The molecule has 1 saturated heterocycles. The third-order valence-electron chi connectivity index (χ3n) is 5.06. The van der Waals surface area contributed by atoms with Crippen molar-refractivity contribution in [1.29, 1.82) is 0 Å². The Hall–Kier alpha value is -3.27. The highest BCUT2D eigenvalue weighted by atomic mass is 19.1. The minimum atomic E-state index is -1.01. The molecule has 2 atom stereocenters. The summed E-state index contributed by atoms with van der Waals surface area (Å²) < 4.78 is 33.6. The smallest absolute Gasteiger partial charge is 0.276 e. The van der Waals surface area contributed by atoms with E-state index in [1.807, 2.05) is 0 Å². The first kappa shape index (κ1) is 19.1. The highest BCUT2D eigenvalue weighted by Gasteiger charge is 2.42. The van der Waals surface area contributed by atoms with Crippen LogP contribution < -0.4 is 10.7 Å². The predicted octanol–water partition coefficient (Wildman–Crippen LogP) is 0.963. The lowest BCUT2D eigenvalue weighted by atomic mass is 10.1. The molecule has 8 nitrogen and oxygen atoms in total. The minimum absolute atomic E-state index is 0.0289. The number of nitrogens with zero attached hydrogens (tertiary/aromatic N) is 2. The number of aromatic hydroxyl groups is 1. The molecule has 10 heteroatoms. The van der Waals surface area contributed by atoms with E-state index >= 15 is 0 Å². The van der Waals surface area contributed by atoms with Crippen molar-refractivity contribution in [1.82, 2.24) is 14.8 Å². The number of rotatable bonds is 3. The summed E-state index contributed by atoms with van der Waals surface area (Å²) in [5.74, 6) is -3.83. The Balaban J connectivity index is 1.62. The summed E-state index contributed by atoms with van der Waals surface area (Å²) >= 11 is 0. The Morgan fingerprint density at radius 1 is 1.34 bits per heavy atom. The molecule has 0 radical (unpaired) electrons. The van der Waals surface area contributed by atoms with Crippen molar-refractivity contribution in [2.45, 2.75) is 32.3 Å². The highest BCUT2D eigenvalue weighted by Crippen LogP contribution is 2.29. The van der Waals surface area contributed by atoms with Gasteiger partial charge in [0.05, 0.1) is 19.2 Å². The minimum Gasteiger partial charge on any atom is -0.503 e. The molecule has 1 aromatic heterocycles. The van der Waals surface area contributed by atoms with Gasteiger partial charge >= 0.3 is 0 Å². The molecule has 2 aromatic rings. The van der Waals surface area contributed by atoms with E-state index in [-0.39, 0.29) is 30.4 Å². The van der Waals surface area contributed by atoms with Gasteiger partial charge in [-0.05, 0) is 13.0 Å². The topological polar surface area (TPSA) is 101 Å². The zero-order chi connectivity index (χ0) is 20.9. The summed E-state index contributed by atoms with van der Waals surface area (Å²) in [4.78, 5) is 39.1. The van der Waals surface area contributed by atoms with Crippen molar-refractivity contribution in [3.63, 3.8) is 0 Å². The number of aromatic nitrogens is 1. The largest absolute Gasteiger partial charge is 0.503 e. The first-order chi connectivity index (χ1) is 13.8. The summed E-state index contributed by atoms with van der Waals surface area (Å²) in [5, 5.41) is 12.7. The standard InChI is InChI=1S/C19H17F2N3O5/c1-9-8-29-14-7-23-6-12(16(25)17(26)15(23)19(28)24(9)14)18(27)22-5-10-2-3-11(20)4-13(10)21/h2-4,6,9,14,26H,5,7-8H2,1H3,(H,22,27)/t9-,14?/m0/s1. The van der Waals surface area contributed by atoms with Crippen molar-refractivity contribution >= 4 is 11.8 Å². The molecule has 0 spiro atoms. The number of pyridine rings is 1. The summed E-state index contributed by atoms with van der Waals surface area (Å²) in [5.41, 5.74) is -1.58. The van der Waals surface area contributed by atoms with E-state index in [1.54, 1.807) is 6.92 Å². The average Bonchev–Trinajstić information content (AvgIpc) is 3.04. The fourth-order valence-electron chi connectivity index (χ4n) is 3.57. The SMILES string of the molecule is C[C@H]1COC2Cn3cc(C(=O)NCc4ccc(F)cc4F)c(=O)c(O)c3C(=O)N21. The Morgan fingerprint density at radius 2 is 2.10 bits per heavy atom. The quantitative estimate of drug-likeness (QED) is 0.792. The molecule has 0 bridgehead atoms. The zero-order valence-corrected chi connectivity index (χ0v) is 15.3. The van der Waals surface area contributed by atoms with Crippen LogP contribution in [0.2, 0.25) is 0 Å². The van der Waals surface area contributed by atoms with Gasteiger partial charge in [0.25, 0.3) is 11.8 Å². The maximum Gasteiger partial charge on any atom is 0.276 e. The number of nitrogens with one attached hydrogen (secondary N) is 1. The van der Waals surface area contributed by atoms with Crippen molar-refractivity contribution in [2.75, 3.05) is 6.61 Å². The number of carbonyl (C=O) groups excluding carboxylic acids is 2. The number of benzene rings is 1. The molecule has 0 saturated carbocycles. The van der Waals surface area contributed by atoms with Gasteiger partial charge in [-0.1, -0.05) is 6.07 Å². The second kappa shape index (κ2) is 6.96. The molecule has 1 unspecified atom stereocenters. The van der Waals surface area contributed by atoms with E-state index in [0.717, 1.165) is 6.07 Å². The molecule has 1 aromatic carbocycles. The predicted molar refractivity (Wildman–Crippen MR) is 95.3 cm³/mol. The van der Waals surface area contributed by atoms with Crippen LogP contribution in [0.15, 0.2) is 29.2 Å². The Labute approximate surface area is 163 Å². The lowest BCUT2D eigenvalue weighted by Crippen LogP contribution is -2.49. The lowest BCUT2D eigenvalue weighted by molar-refractivity contribution is 0.00624. The third-order valence-corrected chi connectivity index (χ3v) is 5.06. The summed E-state index contributed by atoms with van der Waals surface area (Å²) in [6.45, 7) is 1.97. The maximum atomic E-state index is 13.7. The molecule has 4 rings (SSSR count). The van der Waals surface area contributed by atoms with Crippen LogP contribution in [0.1, 0.15) is 33.3 Å².